The Balaban J connectivity index is 1.47. The van der Waals surface area contributed by atoms with E-state index in [0.717, 1.165) is 24.3 Å². The van der Waals surface area contributed by atoms with Gasteiger partial charge >= 0.3 is 0 Å². The molecule has 0 aliphatic carbocycles. The smallest absolute Gasteiger partial charge is 0.257 e. The van der Waals surface area contributed by atoms with Gasteiger partial charge in [0.15, 0.2) is 0 Å². The Hall–Kier alpha value is -2.79. The van der Waals surface area contributed by atoms with E-state index in [1.807, 2.05) is 29.2 Å². The van der Waals surface area contributed by atoms with E-state index in [9.17, 15) is 4.79 Å². The predicted molar refractivity (Wildman–Crippen MR) is 108 cm³/mol. The molecular weight excluding hydrogens is 360 g/mol. The Bertz CT molecular complexity index is 943. The molecule has 3 aromatic rings. The largest absolute Gasteiger partial charge is 0.368 e. The minimum Gasteiger partial charge on any atom is -0.368 e. The highest BCUT2D eigenvalue weighted by atomic mass is 35.5. The van der Waals surface area contributed by atoms with Gasteiger partial charge in [-0.3, -0.25) is 9.89 Å². The summed E-state index contributed by atoms with van der Waals surface area (Å²) in [5.41, 5.74) is 4.70. The van der Waals surface area contributed by atoms with Gasteiger partial charge < -0.3 is 9.80 Å². The monoisotopic (exact) mass is 380 g/mol. The first-order valence-electron chi connectivity index (χ1n) is 9.02. The number of carbonyl (C=O) groups excluding carboxylic acids is 1. The number of nitrogens with zero attached hydrogens (tertiary/aromatic N) is 3. The van der Waals surface area contributed by atoms with E-state index in [1.54, 1.807) is 6.20 Å². The zero-order valence-corrected chi connectivity index (χ0v) is 15.9. The molecule has 27 heavy (non-hydrogen) atoms. The molecule has 2 aromatic carbocycles. The molecule has 0 atom stereocenters. The Kier molecular flexibility index (Phi) is 4.86. The summed E-state index contributed by atoms with van der Waals surface area (Å²) in [6, 6.07) is 15.9. The van der Waals surface area contributed by atoms with E-state index >= 15 is 0 Å². The van der Waals surface area contributed by atoms with Crippen molar-refractivity contribution in [2.45, 2.75) is 6.92 Å². The molecule has 0 bridgehead atoms. The standard InChI is InChI=1S/C21H21ClN4O/c1-15-3-2-4-18(13-15)25-9-11-26(12-10-25)21(27)19-14-23-24-20(19)16-5-7-17(22)8-6-16/h2-8,13-14H,9-12H2,1H3,(H,23,24). The lowest BCUT2D eigenvalue weighted by Crippen LogP contribution is -2.48. The number of halogens is 1. The van der Waals surface area contributed by atoms with Crippen molar-refractivity contribution in [3.8, 4) is 11.3 Å². The minimum atomic E-state index is 0.0117. The number of carbonyl (C=O) groups is 1. The van der Waals surface area contributed by atoms with Crippen LogP contribution in [-0.2, 0) is 0 Å². The van der Waals surface area contributed by atoms with Crippen LogP contribution >= 0.6 is 11.6 Å². The molecule has 0 spiro atoms. The molecule has 1 amide bonds. The molecule has 1 fully saturated rings. The summed E-state index contributed by atoms with van der Waals surface area (Å²) in [4.78, 5) is 17.3. The zero-order chi connectivity index (χ0) is 18.8. The van der Waals surface area contributed by atoms with Crippen molar-refractivity contribution in [3.63, 3.8) is 0 Å². The lowest BCUT2D eigenvalue weighted by molar-refractivity contribution is 0.0747. The summed E-state index contributed by atoms with van der Waals surface area (Å²) >= 11 is 5.97. The third-order valence-corrected chi connectivity index (χ3v) is 5.19. The summed E-state index contributed by atoms with van der Waals surface area (Å²) in [7, 11) is 0. The van der Waals surface area contributed by atoms with Crippen LogP contribution in [-0.4, -0.2) is 47.2 Å². The fourth-order valence-corrected chi connectivity index (χ4v) is 3.57. The molecule has 1 N–H and O–H groups in total. The number of hydrogen-bond acceptors (Lipinski definition) is 3. The first kappa shape index (κ1) is 17.6. The molecule has 1 aliphatic rings. The molecule has 5 nitrogen and oxygen atoms in total. The number of H-pyrrole nitrogens is 1. The minimum absolute atomic E-state index is 0.0117. The predicted octanol–water partition coefficient (Wildman–Crippen LogP) is 4.00. The molecule has 1 saturated heterocycles. The first-order valence-corrected chi connectivity index (χ1v) is 9.40. The molecule has 1 aliphatic heterocycles. The fourth-order valence-electron chi connectivity index (χ4n) is 3.45. The van der Waals surface area contributed by atoms with Gasteiger partial charge in [-0.1, -0.05) is 35.9 Å². The van der Waals surface area contributed by atoms with Crippen LogP contribution in [0.4, 0.5) is 5.69 Å². The second kappa shape index (κ2) is 7.45. The van der Waals surface area contributed by atoms with E-state index < -0.39 is 0 Å². The summed E-state index contributed by atoms with van der Waals surface area (Å²) < 4.78 is 0. The van der Waals surface area contributed by atoms with Crippen molar-refractivity contribution >= 4 is 23.2 Å². The molecular formula is C21H21ClN4O. The summed E-state index contributed by atoms with van der Waals surface area (Å²) in [5, 5.41) is 7.71. The number of benzene rings is 2. The normalized spacial score (nSPS) is 14.4. The van der Waals surface area contributed by atoms with Crippen LogP contribution in [0.15, 0.2) is 54.7 Å². The van der Waals surface area contributed by atoms with E-state index in [1.165, 1.54) is 11.3 Å². The van der Waals surface area contributed by atoms with Crippen LogP contribution in [0, 0.1) is 6.92 Å². The first-order chi connectivity index (χ1) is 13.1. The molecule has 0 saturated carbocycles. The third kappa shape index (κ3) is 3.69. The van der Waals surface area contributed by atoms with Crippen molar-refractivity contribution in [3.05, 3.63) is 70.9 Å². The second-order valence-corrected chi connectivity index (χ2v) is 7.22. The number of piperazine rings is 1. The van der Waals surface area contributed by atoms with Crippen molar-refractivity contribution in [2.75, 3.05) is 31.1 Å². The highest BCUT2D eigenvalue weighted by Gasteiger charge is 2.25. The molecule has 1 aromatic heterocycles. The van der Waals surface area contributed by atoms with Gasteiger partial charge in [0.1, 0.15) is 0 Å². The van der Waals surface area contributed by atoms with Gasteiger partial charge in [0, 0.05) is 42.5 Å². The number of aryl methyl sites for hydroxylation is 1. The number of aromatic nitrogens is 2. The molecule has 6 heteroatoms. The Morgan fingerprint density at radius 3 is 2.52 bits per heavy atom. The van der Waals surface area contributed by atoms with Crippen LogP contribution in [0.5, 0.6) is 0 Å². The highest BCUT2D eigenvalue weighted by Crippen LogP contribution is 2.25. The van der Waals surface area contributed by atoms with Gasteiger partial charge in [0.2, 0.25) is 0 Å². The van der Waals surface area contributed by atoms with Crippen molar-refractivity contribution in [2.24, 2.45) is 0 Å². The number of aromatic amines is 1. The number of amides is 1. The quantitative estimate of drug-likeness (QED) is 0.747. The molecule has 138 valence electrons. The van der Waals surface area contributed by atoms with Gasteiger partial charge in [0.05, 0.1) is 17.5 Å². The number of nitrogens with one attached hydrogen (secondary N) is 1. The molecule has 4 rings (SSSR count). The van der Waals surface area contributed by atoms with Crippen molar-refractivity contribution in [1.29, 1.82) is 0 Å². The maximum Gasteiger partial charge on any atom is 0.257 e. The molecule has 0 unspecified atom stereocenters. The summed E-state index contributed by atoms with van der Waals surface area (Å²) in [5.74, 6) is 0.0117. The summed E-state index contributed by atoms with van der Waals surface area (Å²) in [6.07, 6.45) is 1.61. The summed E-state index contributed by atoms with van der Waals surface area (Å²) in [6.45, 7) is 5.13. The SMILES string of the molecule is Cc1cccc(N2CCN(C(=O)c3cn[nH]c3-c3ccc(Cl)cc3)CC2)c1. The van der Waals surface area contributed by atoms with Crippen molar-refractivity contribution in [1.82, 2.24) is 15.1 Å². The van der Waals surface area contributed by atoms with Gasteiger partial charge in [-0.05, 0) is 36.8 Å². The number of anilines is 1. The van der Waals surface area contributed by atoms with Gasteiger partial charge in [-0.25, -0.2) is 0 Å². The van der Waals surface area contributed by atoms with E-state index in [-0.39, 0.29) is 5.91 Å². The van der Waals surface area contributed by atoms with Crippen LogP contribution in [0.25, 0.3) is 11.3 Å². The average molecular weight is 381 g/mol. The van der Waals surface area contributed by atoms with Gasteiger partial charge in [-0.15, -0.1) is 0 Å². The Morgan fingerprint density at radius 1 is 1.07 bits per heavy atom. The Morgan fingerprint density at radius 2 is 1.81 bits per heavy atom. The van der Waals surface area contributed by atoms with Crippen molar-refractivity contribution < 1.29 is 4.79 Å². The van der Waals surface area contributed by atoms with Gasteiger partial charge in [0.25, 0.3) is 5.91 Å². The van der Waals surface area contributed by atoms with Crippen LogP contribution in [0.3, 0.4) is 0 Å². The zero-order valence-electron chi connectivity index (χ0n) is 15.2. The van der Waals surface area contributed by atoms with Crippen LogP contribution < -0.4 is 4.90 Å². The maximum atomic E-state index is 13.0. The average Bonchev–Trinajstić information content (AvgIpc) is 3.18. The van der Waals surface area contributed by atoms with E-state index in [0.29, 0.717) is 23.7 Å². The number of hydrogen-bond donors (Lipinski definition) is 1. The molecule has 0 radical (unpaired) electrons. The van der Waals surface area contributed by atoms with E-state index in [2.05, 4.69) is 46.3 Å². The molecule has 2 heterocycles. The second-order valence-electron chi connectivity index (χ2n) is 6.78. The third-order valence-electron chi connectivity index (χ3n) is 4.94. The fraction of sp³-hybridized carbons (Fsp3) is 0.238. The maximum absolute atomic E-state index is 13.0. The lowest BCUT2D eigenvalue weighted by Gasteiger charge is -2.36. The van der Waals surface area contributed by atoms with Gasteiger partial charge in [-0.2, -0.15) is 5.10 Å². The topological polar surface area (TPSA) is 52.2 Å². The number of rotatable bonds is 3. The van der Waals surface area contributed by atoms with Crippen LogP contribution in [0.2, 0.25) is 5.02 Å². The van der Waals surface area contributed by atoms with Crippen LogP contribution in [0.1, 0.15) is 15.9 Å². The Labute approximate surface area is 163 Å². The van der Waals surface area contributed by atoms with E-state index in [4.69, 9.17) is 11.6 Å². The highest BCUT2D eigenvalue weighted by molar-refractivity contribution is 6.30. The lowest BCUT2D eigenvalue weighted by atomic mass is 10.1.